The third kappa shape index (κ3) is 7.39. The minimum Gasteiger partial charge on any atom is -0.501 e. The Hall–Kier alpha value is -5.59. The van der Waals surface area contributed by atoms with E-state index in [4.69, 9.17) is 0 Å². The summed E-state index contributed by atoms with van der Waals surface area (Å²) in [6.45, 7) is 2.61. The first-order valence-corrected chi connectivity index (χ1v) is 17.2. The second-order valence-electron chi connectivity index (χ2n) is 13.9. The molecule has 13 heteroatoms. The Morgan fingerprint density at radius 3 is 2.23 bits per heavy atom. The standard InChI is InChI=1S/C27H33FN6O6.C12H12/c1-31(2)23(39)24(40)33(4)27-11-9-26(10-12-27,14-32(3)16-35)15-34-22(38)20(36)19(30-25(27)34)21(37)29-13-17-5-7-18(28)8-6-17;1-2-10-7-5-8-11-6-3-4-9-12(10)11/h5-8,16,36H,9-15H2,1-4H3,(H,29,37);3-9H,2H2,1H3. The minimum atomic E-state index is -1.22. The van der Waals surface area contributed by atoms with Gasteiger partial charge in [-0.25, -0.2) is 9.37 Å². The summed E-state index contributed by atoms with van der Waals surface area (Å²) in [5.41, 5.74) is -1.12. The van der Waals surface area contributed by atoms with Crippen molar-refractivity contribution in [2.45, 2.75) is 57.7 Å². The van der Waals surface area contributed by atoms with E-state index in [2.05, 4.69) is 59.7 Å². The molecular weight excluding hydrogens is 667 g/mol. The second-order valence-corrected chi connectivity index (χ2v) is 13.9. The number of benzene rings is 3. The number of amides is 4. The Balaban J connectivity index is 0.000000365. The molecule has 0 saturated heterocycles. The second kappa shape index (κ2) is 15.3. The zero-order valence-electron chi connectivity index (χ0n) is 30.2. The van der Waals surface area contributed by atoms with Crippen molar-refractivity contribution in [3.8, 4) is 5.75 Å². The lowest BCUT2D eigenvalue weighted by Crippen LogP contribution is -2.55. The summed E-state index contributed by atoms with van der Waals surface area (Å²) in [6, 6.07) is 20.5. The summed E-state index contributed by atoms with van der Waals surface area (Å²) in [7, 11) is 6.02. The Kier molecular flexibility index (Phi) is 11.1. The molecular formula is C39H45FN6O6. The molecule has 3 aliphatic rings. The lowest BCUT2D eigenvalue weighted by molar-refractivity contribution is -0.155. The normalized spacial score (nSPS) is 18.7. The average molecular weight is 713 g/mol. The van der Waals surface area contributed by atoms with Gasteiger partial charge in [0, 0.05) is 53.2 Å². The molecule has 0 radical (unpaired) electrons. The van der Waals surface area contributed by atoms with E-state index in [1.54, 1.807) is 7.05 Å². The van der Waals surface area contributed by atoms with Crippen molar-refractivity contribution >= 4 is 34.9 Å². The van der Waals surface area contributed by atoms with Gasteiger partial charge >= 0.3 is 11.8 Å². The van der Waals surface area contributed by atoms with Crippen LogP contribution >= 0.6 is 0 Å². The highest BCUT2D eigenvalue weighted by atomic mass is 19.1. The molecule has 4 aromatic rings. The van der Waals surface area contributed by atoms with Crippen molar-refractivity contribution in [2.24, 2.45) is 5.41 Å². The van der Waals surface area contributed by atoms with Gasteiger partial charge in [0.05, 0.1) is 0 Å². The van der Waals surface area contributed by atoms with Crippen molar-refractivity contribution in [1.29, 1.82) is 0 Å². The van der Waals surface area contributed by atoms with E-state index in [1.807, 2.05) is 0 Å². The van der Waals surface area contributed by atoms with Gasteiger partial charge in [0.2, 0.25) is 12.2 Å². The van der Waals surface area contributed by atoms with Crippen LogP contribution in [0.3, 0.4) is 0 Å². The molecule has 2 N–H and O–H groups in total. The first-order chi connectivity index (χ1) is 24.8. The molecule has 12 nitrogen and oxygen atoms in total. The van der Waals surface area contributed by atoms with Gasteiger partial charge in [0.1, 0.15) is 17.2 Å². The van der Waals surface area contributed by atoms with Crippen LogP contribution in [0.4, 0.5) is 4.39 Å². The summed E-state index contributed by atoms with van der Waals surface area (Å²) in [5, 5.41) is 16.2. The van der Waals surface area contributed by atoms with E-state index in [0.29, 0.717) is 44.2 Å². The van der Waals surface area contributed by atoms with E-state index in [-0.39, 0.29) is 18.9 Å². The van der Waals surface area contributed by atoms with Crippen molar-refractivity contribution in [1.82, 2.24) is 29.6 Å². The van der Waals surface area contributed by atoms with E-state index in [1.165, 1.54) is 76.1 Å². The average Bonchev–Trinajstić information content (AvgIpc) is 3.38. The van der Waals surface area contributed by atoms with Crippen LogP contribution in [0, 0.1) is 11.2 Å². The van der Waals surface area contributed by atoms with Crippen molar-refractivity contribution in [2.75, 3.05) is 34.7 Å². The van der Waals surface area contributed by atoms with Gasteiger partial charge in [-0.2, -0.15) is 0 Å². The van der Waals surface area contributed by atoms with Crippen molar-refractivity contribution in [3.05, 3.63) is 106 Å². The Labute approximate surface area is 301 Å². The summed E-state index contributed by atoms with van der Waals surface area (Å²) in [5.74, 6) is -3.59. The molecule has 1 saturated carbocycles. The molecule has 0 atom stereocenters. The Morgan fingerprint density at radius 2 is 1.60 bits per heavy atom. The fourth-order valence-corrected chi connectivity index (χ4v) is 7.37. The largest absolute Gasteiger partial charge is 0.501 e. The summed E-state index contributed by atoms with van der Waals surface area (Å²) in [6.07, 6.45) is 3.43. The lowest BCUT2D eigenvalue weighted by Gasteiger charge is -2.47. The molecule has 1 fully saturated rings. The van der Waals surface area contributed by atoms with Crippen LogP contribution in [0.1, 0.15) is 60.0 Å². The maximum Gasteiger partial charge on any atom is 0.312 e. The first-order valence-electron chi connectivity index (χ1n) is 17.2. The number of nitrogens with zero attached hydrogens (tertiary/aromatic N) is 5. The van der Waals surface area contributed by atoms with Gasteiger partial charge in [0.15, 0.2) is 5.69 Å². The van der Waals surface area contributed by atoms with Gasteiger partial charge in [-0.3, -0.25) is 28.5 Å². The number of aromatic hydroxyl groups is 1. The highest BCUT2D eigenvalue weighted by molar-refractivity contribution is 6.34. The number of halogens is 1. The van der Waals surface area contributed by atoms with Crippen molar-refractivity contribution < 1.29 is 28.7 Å². The number of carbonyl (C=O) groups excluding carboxylic acids is 4. The maximum absolute atomic E-state index is 13.6. The molecule has 3 heterocycles. The molecule has 7 rings (SSSR count). The summed E-state index contributed by atoms with van der Waals surface area (Å²) >= 11 is 0. The number of likely N-dealkylation sites (N-methyl/N-ethyl adjacent to an activating group) is 2. The molecule has 0 unspecified atom stereocenters. The van der Waals surface area contributed by atoms with Crippen LogP contribution in [0.25, 0.3) is 10.8 Å². The molecule has 1 aromatic heterocycles. The van der Waals surface area contributed by atoms with Gasteiger partial charge in [0.25, 0.3) is 11.5 Å². The van der Waals surface area contributed by atoms with Crippen molar-refractivity contribution in [3.63, 3.8) is 0 Å². The first kappa shape index (κ1) is 37.7. The Morgan fingerprint density at radius 1 is 0.942 bits per heavy atom. The fraction of sp³-hybridized carbons (Fsp3) is 0.385. The number of hydrogen-bond donors (Lipinski definition) is 2. The number of hydrogen-bond acceptors (Lipinski definition) is 7. The highest BCUT2D eigenvalue weighted by Gasteiger charge is 2.54. The fourth-order valence-electron chi connectivity index (χ4n) is 7.37. The number of nitrogens with one attached hydrogen (secondary N) is 1. The maximum atomic E-state index is 13.6. The molecule has 2 bridgehead atoms. The van der Waals surface area contributed by atoms with Gasteiger partial charge in [-0.15, -0.1) is 0 Å². The van der Waals surface area contributed by atoms with Gasteiger partial charge in [-0.05, 0) is 66.1 Å². The van der Waals surface area contributed by atoms with Crippen LogP contribution < -0.4 is 10.9 Å². The van der Waals surface area contributed by atoms with Crippen LogP contribution in [-0.4, -0.2) is 88.2 Å². The van der Waals surface area contributed by atoms with Gasteiger partial charge in [-0.1, -0.05) is 61.5 Å². The smallest absolute Gasteiger partial charge is 0.312 e. The lowest BCUT2D eigenvalue weighted by atomic mass is 9.67. The van der Waals surface area contributed by atoms with Gasteiger partial charge < -0.3 is 25.1 Å². The quantitative estimate of drug-likeness (QED) is 0.209. The third-order valence-corrected chi connectivity index (χ3v) is 10.3. The highest BCUT2D eigenvalue weighted by Crippen LogP contribution is 2.52. The minimum absolute atomic E-state index is 0.0132. The van der Waals surface area contributed by atoms with Crippen LogP contribution in [0.5, 0.6) is 5.75 Å². The molecule has 2 aliphatic heterocycles. The van der Waals surface area contributed by atoms with E-state index >= 15 is 0 Å². The van der Waals surface area contributed by atoms with E-state index < -0.39 is 51.5 Å². The molecule has 52 heavy (non-hydrogen) atoms. The number of aromatic nitrogens is 2. The molecule has 4 amide bonds. The zero-order chi connectivity index (χ0) is 37.8. The number of rotatable bonds is 8. The summed E-state index contributed by atoms with van der Waals surface area (Å²) in [4.78, 5) is 72.5. The Bertz CT molecular complexity index is 2030. The van der Waals surface area contributed by atoms with Crippen LogP contribution in [0.15, 0.2) is 71.5 Å². The molecule has 1 aliphatic carbocycles. The number of carbonyl (C=O) groups is 4. The topological polar surface area (TPSA) is 145 Å². The predicted octanol–water partition coefficient (Wildman–Crippen LogP) is 3.82. The van der Waals surface area contributed by atoms with E-state index in [9.17, 15) is 33.5 Å². The zero-order valence-corrected chi connectivity index (χ0v) is 30.2. The monoisotopic (exact) mass is 712 g/mol. The molecule has 274 valence electrons. The van der Waals surface area contributed by atoms with E-state index in [0.717, 1.165) is 11.3 Å². The van der Waals surface area contributed by atoms with Crippen LogP contribution in [-0.2, 0) is 39.4 Å². The third-order valence-electron chi connectivity index (χ3n) is 10.3. The molecule has 0 spiro atoms. The number of aryl methyl sites for hydroxylation is 1. The predicted molar refractivity (Wildman–Crippen MR) is 194 cm³/mol. The molecule has 3 aromatic carbocycles. The SMILES string of the molecule is CCc1cccc2ccccc12.CN(C=O)CC12CCC(N(C)C(=O)C(=O)N(C)C)(CC1)c1nc(C(=O)NCc3ccc(F)cc3)c(O)c(=O)n1C2. The number of fused-ring (bicyclic) bond motifs is 3. The van der Waals surface area contributed by atoms with Crippen LogP contribution in [0.2, 0.25) is 0 Å². The summed E-state index contributed by atoms with van der Waals surface area (Å²) < 4.78 is 14.5.